The number of rotatable bonds is 7. The number of anilines is 1. The first kappa shape index (κ1) is 23.7. The summed E-state index contributed by atoms with van der Waals surface area (Å²) in [7, 11) is -2.18. The van der Waals surface area contributed by atoms with Crippen molar-refractivity contribution >= 4 is 44.3 Å². The van der Waals surface area contributed by atoms with Gasteiger partial charge < -0.3 is 10.1 Å². The summed E-state index contributed by atoms with van der Waals surface area (Å²) in [5, 5.41) is 9.15. The molecule has 0 unspecified atom stereocenters. The smallest absolute Gasteiger partial charge is 0.238 e. The first-order chi connectivity index (χ1) is 16.2. The Balaban J connectivity index is 1.60. The van der Waals surface area contributed by atoms with E-state index in [1.165, 1.54) is 36.0 Å². The molecule has 1 aromatic heterocycles. The van der Waals surface area contributed by atoms with Crippen molar-refractivity contribution in [2.24, 2.45) is 5.14 Å². The summed E-state index contributed by atoms with van der Waals surface area (Å²) in [6.45, 7) is 1.79. The predicted octanol–water partition coefficient (Wildman–Crippen LogP) is 4.68. The lowest BCUT2D eigenvalue weighted by Crippen LogP contribution is -2.22. The number of ether oxygens (including phenoxy) is 1. The number of fused-ring (bicyclic) bond motifs is 1. The number of amides is 1. The van der Waals surface area contributed by atoms with E-state index in [1.807, 2.05) is 54.6 Å². The molecule has 174 valence electrons. The van der Waals surface area contributed by atoms with Gasteiger partial charge in [-0.25, -0.2) is 18.5 Å². The minimum atomic E-state index is -3.79. The van der Waals surface area contributed by atoms with Gasteiger partial charge in [-0.2, -0.15) is 0 Å². The normalized spacial score (nSPS) is 12.3. The Morgan fingerprint density at radius 3 is 2.38 bits per heavy atom. The molecule has 4 rings (SSSR count). The molecule has 0 saturated carbocycles. The molecule has 0 aliphatic rings. The van der Waals surface area contributed by atoms with Crippen LogP contribution in [0.4, 0.5) is 5.69 Å². The van der Waals surface area contributed by atoms with E-state index < -0.39 is 15.3 Å². The highest BCUT2D eigenvalue weighted by atomic mass is 32.2. The van der Waals surface area contributed by atoms with Crippen molar-refractivity contribution in [2.75, 3.05) is 12.4 Å². The molecule has 0 bridgehead atoms. The number of benzene rings is 3. The van der Waals surface area contributed by atoms with Crippen LogP contribution in [-0.4, -0.2) is 31.7 Å². The Morgan fingerprint density at radius 1 is 1.03 bits per heavy atom. The van der Waals surface area contributed by atoms with Crippen molar-refractivity contribution in [1.82, 2.24) is 4.98 Å². The Bertz CT molecular complexity index is 1440. The first-order valence-electron chi connectivity index (χ1n) is 10.4. The fraction of sp³-hybridized carbons (Fsp3) is 0.120. The molecule has 9 heteroatoms. The number of methoxy groups -OCH3 is 1. The zero-order valence-electron chi connectivity index (χ0n) is 18.6. The van der Waals surface area contributed by atoms with Gasteiger partial charge in [0.15, 0.2) is 0 Å². The molecule has 34 heavy (non-hydrogen) atoms. The third-order valence-electron chi connectivity index (χ3n) is 5.20. The van der Waals surface area contributed by atoms with Crippen LogP contribution < -0.4 is 15.2 Å². The number of thioether (sulfide) groups is 1. The number of pyridine rings is 1. The number of nitrogens with two attached hydrogens (primary N) is 1. The molecule has 1 heterocycles. The van der Waals surface area contributed by atoms with Crippen molar-refractivity contribution < 1.29 is 17.9 Å². The number of hydrogen-bond donors (Lipinski definition) is 2. The fourth-order valence-corrected chi connectivity index (χ4v) is 4.81. The molecular weight excluding hydrogens is 470 g/mol. The summed E-state index contributed by atoms with van der Waals surface area (Å²) >= 11 is 1.34. The molecular formula is C25H23N3O4S2. The second kappa shape index (κ2) is 9.84. The van der Waals surface area contributed by atoms with Gasteiger partial charge in [0, 0.05) is 17.1 Å². The maximum absolute atomic E-state index is 12.8. The topological polar surface area (TPSA) is 111 Å². The van der Waals surface area contributed by atoms with Crippen LogP contribution in [0.2, 0.25) is 0 Å². The van der Waals surface area contributed by atoms with Gasteiger partial charge >= 0.3 is 0 Å². The molecule has 3 N–H and O–H groups in total. The summed E-state index contributed by atoms with van der Waals surface area (Å²) < 4.78 is 28.2. The standard InChI is InChI=1S/C25H23N3O4S2/c1-16(25(29)27-18-8-11-20(12-9-18)34(26,30)31)33-24-15-22(17-6-4-3-5-7-17)21-13-10-19(32-2)14-23(21)28-24/h3-16H,1-2H3,(H,27,29)(H2,26,30,31)/t16-/m1/s1. The summed E-state index contributed by atoms with van der Waals surface area (Å²) in [5.41, 5.74) is 3.32. The lowest BCUT2D eigenvalue weighted by molar-refractivity contribution is -0.115. The summed E-state index contributed by atoms with van der Waals surface area (Å²) in [5.74, 6) is 0.469. The van der Waals surface area contributed by atoms with Crippen LogP contribution in [-0.2, 0) is 14.8 Å². The van der Waals surface area contributed by atoms with Gasteiger partial charge in [-0.15, -0.1) is 0 Å². The highest BCUT2D eigenvalue weighted by Crippen LogP contribution is 2.34. The van der Waals surface area contributed by atoms with Crippen LogP contribution >= 0.6 is 11.8 Å². The number of nitrogens with zero attached hydrogens (tertiary/aromatic N) is 1. The number of hydrogen-bond acceptors (Lipinski definition) is 6. The molecule has 0 aliphatic heterocycles. The van der Waals surface area contributed by atoms with Crippen molar-refractivity contribution in [3.8, 4) is 16.9 Å². The monoisotopic (exact) mass is 493 g/mol. The zero-order chi connectivity index (χ0) is 24.3. The van der Waals surface area contributed by atoms with Gasteiger partial charge in [0.25, 0.3) is 0 Å². The first-order valence-corrected chi connectivity index (χ1v) is 12.8. The molecule has 4 aromatic rings. The van der Waals surface area contributed by atoms with E-state index in [-0.39, 0.29) is 10.8 Å². The summed E-state index contributed by atoms with van der Waals surface area (Å²) in [4.78, 5) is 17.5. The third-order valence-corrected chi connectivity index (χ3v) is 7.14. The van der Waals surface area contributed by atoms with Gasteiger partial charge in [0.05, 0.1) is 27.8 Å². The average Bonchev–Trinajstić information content (AvgIpc) is 2.83. The number of nitrogens with one attached hydrogen (secondary N) is 1. The number of carbonyl (C=O) groups is 1. The molecule has 7 nitrogen and oxygen atoms in total. The van der Waals surface area contributed by atoms with Gasteiger partial charge in [-0.05, 0) is 60.5 Å². The molecule has 0 fully saturated rings. The van der Waals surface area contributed by atoms with E-state index >= 15 is 0 Å². The maximum Gasteiger partial charge on any atom is 0.238 e. The minimum Gasteiger partial charge on any atom is -0.497 e. The fourth-order valence-electron chi connectivity index (χ4n) is 3.43. The largest absolute Gasteiger partial charge is 0.497 e. The average molecular weight is 494 g/mol. The molecule has 0 spiro atoms. The number of aromatic nitrogens is 1. The van der Waals surface area contributed by atoms with Crippen LogP contribution in [0.25, 0.3) is 22.0 Å². The minimum absolute atomic E-state index is 0.0165. The second-order valence-corrected chi connectivity index (χ2v) is 10.5. The Hall–Kier alpha value is -3.40. The van der Waals surface area contributed by atoms with E-state index in [4.69, 9.17) is 14.9 Å². The van der Waals surface area contributed by atoms with E-state index in [0.717, 1.165) is 22.0 Å². The molecule has 1 atom stereocenters. The van der Waals surface area contributed by atoms with Crippen LogP contribution in [0.3, 0.4) is 0 Å². The van der Waals surface area contributed by atoms with Gasteiger partial charge in [-0.1, -0.05) is 42.1 Å². The van der Waals surface area contributed by atoms with Crippen molar-refractivity contribution in [3.63, 3.8) is 0 Å². The third kappa shape index (κ3) is 5.39. The Labute approximate surface area is 202 Å². The van der Waals surface area contributed by atoms with Crippen molar-refractivity contribution in [2.45, 2.75) is 22.1 Å². The maximum atomic E-state index is 12.8. The summed E-state index contributed by atoms with van der Waals surface area (Å²) in [6.07, 6.45) is 0. The highest BCUT2D eigenvalue weighted by Gasteiger charge is 2.18. The predicted molar refractivity (Wildman–Crippen MR) is 135 cm³/mol. The number of carbonyl (C=O) groups excluding carboxylic acids is 1. The molecule has 0 aliphatic carbocycles. The molecule has 3 aromatic carbocycles. The van der Waals surface area contributed by atoms with E-state index in [0.29, 0.717) is 16.5 Å². The van der Waals surface area contributed by atoms with E-state index in [1.54, 1.807) is 14.0 Å². The van der Waals surface area contributed by atoms with Crippen molar-refractivity contribution in [1.29, 1.82) is 0 Å². The van der Waals surface area contributed by atoms with Gasteiger partial charge in [0.1, 0.15) is 5.75 Å². The Morgan fingerprint density at radius 2 is 1.74 bits per heavy atom. The van der Waals surface area contributed by atoms with Crippen LogP contribution in [0, 0.1) is 0 Å². The Kier molecular flexibility index (Phi) is 6.87. The lowest BCUT2D eigenvalue weighted by Gasteiger charge is -2.14. The van der Waals surface area contributed by atoms with Crippen LogP contribution in [0.15, 0.2) is 88.8 Å². The van der Waals surface area contributed by atoms with E-state index in [2.05, 4.69) is 5.32 Å². The quantitative estimate of drug-likeness (QED) is 0.362. The number of sulfonamides is 1. The zero-order valence-corrected chi connectivity index (χ0v) is 20.2. The number of primary sulfonamides is 1. The second-order valence-electron chi connectivity index (χ2n) is 7.58. The van der Waals surface area contributed by atoms with Gasteiger partial charge in [0.2, 0.25) is 15.9 Å². The SMILES string of the molecule is COc1ccc2c(-c3ccccc3)cc(S[C@H](C)C(=O)Nc3ccc(S(N)(=O)=O)cc3)nc2c1. The van der Waals surface area contributed by atoms with Crippen molar-refractivity contribution in [3.05, 3.63) is 78.9 Å². The van der Waals surface area contributed by atoms with Crippen LogP contribution in [0.5, 0.6) is 5.75 Å². The molecule has 0 saturated heterocycles. The van der Waals surface area contributed by atoms with Crippen LogP contribution in [0.1, 0.15) is 6.92 Å². The highest BCUT2D eigenvalue weighted by molar-refractivity contribution is 8.00. The molecule has 1 amide bonds. The summed E-state index contributed by atoms with van der Waals surface area (Å²) in [6, 6.07) is 23.5. The van der Waals surface area contributed by atoms with Gasteiger partial charge in [-0.3, -0.25) is 4.79 Å². The lowest BCUT2D eigenvalue weighted by atomic mass is 10.0. The molecule has 0 radical (unpaired) electrons. The van der Waals surface area contributed by atoms with E-state index in [9.17, 15) is 13.2 Å².